The predicted molar refractivity (Wildman–Crippen MR) is 100 cm³/mol. The van der Waals surface area contributed by atoms with Gasteiger partial charge in [-0.3, -0.25) is 9.59 Å². The van der Waals surface area contributed by atoms with E-state index in [9.17, 15) is 19.2 Å². The maximum atomic E-state index is 12.1. The quantitative estimate of drug-likeness (QED) is 0.521. The molecule has 0 unspecified atom stereocenters. The Morgan fingerprint density at radius 3 is 2.39 bits per heavy atom. The molecule has 1 heterocycles. The molecule has 0 radical (unpaired) electrons. The van der Waals surface area contributed by atoms with Crippen LogP contribution in [-0.2, 0) is 19.1 Å². The number of ketones is 1. The van der Waals surface area contributed by atoms with Crippen LogP contribution in [0.1, 0.15) is 42.6 Å². The summed E-state index contributed by atoms with van der Waals surface area (Å²) in [6, 6.07) is 6.01. The maximum Gasteiger partial charge on any atom is 0.338 e. The van der Waals surface area contributed by atoms with E-state index in [-0.39, 0.29) is 43.1 Å². The van der Waals surface area contributed by atoms with Crippen LogP contribution < -0.4 is 10.6 Å². The molecule has 2 rings (SSSR count). The van der Waals surface area contributed by atoms with Gasteiger partial charge in [-0.1, -0.05) is 29.8 Å². The van der Waals surface area contributed by atoms with Gasteiger partial charge in [0.15, 0.2) is 5.78 Å². The summed E-state index contributed by atoms with van der Waals surface area (Å²) in [7, 11) is 0. The molecule has 28 heavy (non-hydrogen) atoms. The highest BCUT2D eigenvalue weighted by molar-refractivity contribution is 5.97. The molecule has 1 atom stereocenters. The Morgan fingerprint density at radius 1 is 1.07 bits per heavy atom. The summed E-state index contributed by atoms with van der Waals surface area (Å²) in [6.07, 6.45) is -0.0908. The van der Waals surface area contributed by atoms with Gasteiger partial charge in [-0.2, -0.15) is 0 Å². The highest BCUT2D eigenvalue weighted by Crippen LogP contribution is 2.15. The standard InChI is InChI=1S/C20H24N2O6/c1-4-27-19(25)18-13(3)21-20(26)22-15(18)11-28-17(24)10-9-16(23)14-7-5-12(2)6-8-14/h5-8,13H,4,9-11H2,1-3H3,(H2,21,22,26)/t13-/m1/s1. The molecule has 0 fully saturated rings. The first kappa shape index (κ1) is 21.1. The van der Waals surface area contributed by atoms with Crippen LogP contribution in [0.5, 0.6) is 0 Å². The summed E-state index contributed by atoms with van der Waals surface area (Å²) >= 11 is 0. The van der Waals surface area contributed by atoms with Gasteiger partial charge in [-0.25, -0.2) is 9.59 Å². The molecule has 0 spiro atoms. The molecule has 1 aliphatic heterocycles. The van der Waals surface area contributed by atoms with Gasteiger partial charge in [-0.15, -0.1) is 0 Å². The fourth-order valence-electron chi connectivity index (χ4n) is 2.72. The van der Waals surface area contributed by atoms with Gasteiger partial charge in [0.1, 0.15) is 6.61 Å². The molecule has 0 aromatic heterocycles. The third-order valence-electron chi connectivity index (χ3n) is 4.17. The minimum Gasteiger partial charge on any atom is -0.463 e. The van der Waals surface area contributed by atoms with Gasteiger partial charge in [0.05, 0.1) is 30.3 Å². The van der Waals surface area contributed by atoms with Crippen LogP contribution in [0.15, 0.2) is 35.5 Å². The second-order valence-electron chi connectivity index (χ2n) is 6.38. The summed E-state index contributed by atoms with van der Waals surface area (Å²) in [5, 5.41) is 5.03. The van der Waals surface area contributed by atoms with Gasteiger partial charge in [-0.05, 0) is 20.8 Å². The highest BCUT2D eigenvalue weighted by Gasteiger charge is 2.30. The molecule has 2 N–H and O–H groups in total. The van der Waals surface area contributed by atoms with Crippen molar-refractivity contribution in [3.63, 3.8) is 0 Å². The van der Waals surface area contributed by atoms with Gasteiger partial charge in [0, 0.05) is 12.0 Å². The lowest BCUT2D eigenvalue weighted by molar-refractivity contribution is -0.143. The van der Waals surface area contributed by atoms with Crippen LogP contribution in [0, 0.1) is 6.92 Å². The topological polar surface area (TPSA) is 111 Å². The van der Waals surface area contributed by atoms with E-state index in [1.165, 1.54) is 0 Å². The van der Waals surface area contributed by atoms with E-state index in [2.05, 4.69) is 10.6 Å². The Labute approximate surface area is 163 Å². The van der Waals surface area contributed by atoms with Crippen molar-refractivity contribution in [1.82, 2.24) is 10.6 Å². The van der Waals surface area contributed by atoms with Crippen molar-refractivity contribution in [1.29, 1.82) is 0 Å². The van der Waals surface area contributed by atoms with Crippen molar-refractivity contribution >= 4 is 23.8 Å². The SMILES string of the molecule is CCOC(=O)C1=C(COC(=O)CCC(=O)c2ccc(C)cc2)NC(=O)N[C@@H]1C. The average Bonchev–Trinajstić information content (AvgIpc) is 2.64. The monoisotopic (exact) mass is 388 g/mol. The first-order valence-electron chi connectivity index (χ1n) is 9.05. The summed E-state index contributed by atoms with van der Waals surface area (Å²) in [5.41, 5.74) is 1.95. The Balaban J connectivity index is 1.94. The molecule has 150 valence electrons. The molecule has 8 heteroatoms. The van der Waals surface area contributed by atoms with Crippen molar-refractivity contribution in [3.8, 4) is 0 Å². The minimum absolute atomic E-state index is 0.00991. The first-order valence-corrected chi connectivity index (χ1v) is 9.05. The van der Waals surface area contributed by atoms with E-state index in [0.717, 1.165) is 5.56 Å². The lowest BCUT2D eigenvalue weighted by atomic mass is 10.0. The number of Topliss-reactive ketones (excluding diaryl/α,β-unsaturated/α-hetero) is 1. The van der Waals surface area contributed by atoms with Gasteiger partial charge in [0.25, 0.3) is 0 Å². The number of nitrogens with one attached hydrogen (secondary N) is 2. The number of carbonyl (C=O) groups is 4. The van der Waals surface area contributed by atoms with E-state index in [0.29, 0.717) is 5.56 Å². The lowest BCUT2D eigenvalue weighted by Gasteiger charge is -2.26. The zero-order chi connectivity index (χ0) is 20.7. The molecule has 2 amide bonds. The summed E-state index contributed by atoms with van der Waals surface area (Å²) in [4.78, 5) is 47.9. The summed E-state index contributed by atoms with van der Waals surface area (Å²) in [6.45, 7) is 5.11. The Bertz CT molecular complexity index is 797. The lowest BCUT2D eigenvalue weighted by Crippen LogP contribution is -2.50. The molecule has 0 aliphatic carbocycles. The molecular formula is C20H24N2O6. The number of carbonyl (C=O) groups excluding carboxylic acids is 4. The number of amides is 2. The fourth-order valence-corrected chi connectivity index (χ4v) is 2.72. The maximum absolute atomic E-state index is 12.1. The van der Waals surface area contributed by atoms with E-state index >= 15 is 0 Å². The fraction of sp³-hybridized carbons (Fsp3) is 0.400. The third-order valence-corrected chi connectivity index (χ3v) is 4.17. The predicted octanol–water partition coefficient (Wildman–Crippen LogP) is 2.02. The zero-order valence-corrected chi connectivity index (χ0v) is 16.2. The number of benzene rings is 1. The highest BCUT2D eigenvalue weighted by atomic mass is 16.5. The van der Waals surface area contributed by atoms with Crippen molar-refractivity contribution in [2.45, 2.75) is 39.7 Å². The van der Waals surface area contributed by atoms with E-state index < -0.39 is 24.0 Å². The third kappa shape index (κ3) is 5.67. The minimum atomic E-state index is -0.600. The van der Waals surface area contributed by atoms with Crippen LogP contribution in [0.2, 0.25) is 0 Å². The average molecular weight is 388 g/mol. The summed E-state index contributed by atoms with van der Waals surface area (Å²) in [5.74, 6) is -1.35. The number of hydrogen-bond acceptors (Lipinski definition) is 6. The normalized spacial score (nSPS) is 16.1. The largest absolute Gasteiger partial charge is 0.463 e. The van der Waals surface area contributed by atoms with Gasteiger partial charge < -0.3 is 20.1 Å². The molecule has 0 saturated heterocycles. The van der Waals surface area contributed by atoms with Gasteiger partial charge in [0.2, 0.25) is 0 Å². The molecule has 8 nitrogen and oxygen atoms in total. The number of esters is 2. The smallest absolute Gasteiger partial charge is 0.338 e. The van der Waals surface area contributed by atoms with Crippen LogP contribution >= 0.6 is 0 Å². The van der Waals surface area contributed by atoms with E-state index in [1.807, 2.05) is 19.1 Å². The molecule has 0 saturated carbocycles. The van der Waals surface area contributed by atoms with Crippen LogP contribution in [-0.4, -0.2) is 43.0 Å². The number of urea groups is 1. The Morgan fingerprint density at radius 2 is 1.75 bits per heavy atom. The second kappa shape index (κ2) is 9.68. The number of hydrogen-bond donors (Lipinski definition) is 2. The second-order valence-corrected chi connectivity index (χ2v) is 6.38. The molecule has 1 aromatic carbocycles. The number of aryl methyl sites for hydroxylation is 1. The number of ether oxygens (including phenoxy) is 2. The van der Waals surface area contributed by atoms with E-state index in [1.54, 1.807) is 26.0 Å². The van der Waals surface area contributed by atoms with Crippen molar-refractivity contribution in [2.75, 3.05) is 13.2 Å². The molecule has 1 aliphatic rings. The Kier molecular flexibility index (Phi) is 7.31. The van der Waals surface area contributed by atoms with Crippen molar-refractivity contribution in [2.24, 2.45) is 0 Å². The number of rotatable bonds is 8. The molecule has 1 aromatic rings. The van der Waals surface area contributed by atoms with E-state index in [4.69, 9.17) is 9.47 Å². The van der Waals surface area contributed by atoms with Crippen LogP contribution in [0.4, 0.5) is 4.79 Å². The zero-order valence-electron chi connectivity index (χ0n) is 16.2. The van der Waals surface area contributed by atoms with Crippen LogP contribution in [0.3, 0.4) is 0 Å². The molecule has 0 bridgehead atoms. The van der Waals surface area contributed by atoms with Crippen molar-refractivity contribution < 1.29 is 28.7 Å². The summed E-state index contributed by atoms with van der Waals surface area (Å²) < 4.78 is 10.1. The molecular weight excluding hydrogens is 364 g/mol. The van der Waals surface area contributed by atoms with Crippen molar-refractivity contribution in [3.05, 3.63) is 46.7 Å². The van der Waals surface area contributed by atoms with Gasteiger partial charge >= 0.3 is 18.0 Å². The van der Waals surface area contributed by atoms with Crippen LogP contribution in [0.25, 0.3) is 0 Å². The first-order chi connectivity index (χ1) is 13.3. The Hall–Kier alpha value is -3.16.